The summed E-state index contributed by atoms with van der Waals surface area (Å²) in [5, 5.41) is 5.46. The molecule has 0 atom stereocenters. The summed E-state index contributed by atoms with van der Waals surface area (Å²) in [6.07, 6.45) is 6.65. The van der Waals surface area contributed by atoms with Gasteiger partial charge in [-0.25, -0.2) is 9.67 Å². The number of rotatable bonds is 3. The minimum Gasteiger partial charge on any atom is -0.375 e. The predicted molar refractivity (Wildman–Crippen MR) is 116 cm³/mol. The number of carbonyl (C=O) groups is 1. The molecule has 0 saturated carbocycles. The molecule has 4 aromatic rings. The van der Waals surface area contributed by atoms with Gasteiger partial charge in [-0.05, 0) is 37.1 Å². The highest BCUT2D eigenvalue weighted by molar-refractivity contribution is 7.18. The number of hydrogen-bond donors (Lipinski definition) is 1. The maximum Gasteiger partial charge on any atom is 0.253 e. The van der Waals surface area contributed by atoms with Gasteiger partial charge in [-0.2, -0.15) is 5.10 Å². The number of nitrogens with two attached hydrogens (primary N) is 1. The second-order valence-electron chi connectivity index (χ2n) is 7.25. The minimum atomic E-state index is -0.0400. The lowest BCUT2D eigenvalue weighted by molar-refractivity contribution is 0.0827. The van der Waals surface area contributed by atoms with Gasteiger partial charge in [0.05, 0.1) is 28.1 Å². The van der Waals surface area contributed by atoms with Crippen LogP contribution < -0.4 is 5.73 Å². The van der Waals surface area contributed by atoms with Crippen LogP contribution in [0.25, 0.3) is 27.6 Å². The summed E-state index contributed by atoms with van der Waals surface area (Å²) < 4.78 is 1.90. The molecule has 0 saturated heterocycles. The Kier molecular flexibility index (Phi) is 4.32. The van der Waals surface area contributed by atoms with E-state index in [2.05, 4.69) is 15.0 Å². The first kappa shape index (κ1) is 18.4. The molecule has 2 N–H and O–H groups in total. The highest BCUT2D eigenvalue weighted by Gasteiger charge is 2.29. The van der Waals surface area contributed by atoms with E-state index in [4.69, 9.17) is 10.8 Å². The van der Waals surface area contributed by atoms with Crippen LogP contribution in [0.3, 0.4) is 0 Å². The minimum absolute atomic E-state index is 0.0400. The third-order valence-corrected chi connectivity index (χ3v) is 6.03. The molecule has 1 amide bonds. The Hall–Kier alpha value is -3.59. The van der Waals surface area contributed by atoms with Crippen LogP contribution in [0.4, 0.5) is 5.13 Å². The predicted octanol–water partition coefficient (Wildman–Crippen LogP) is 2.84. The van der Waals surface area contributed by atoms with Crippen LogP contribution in [0.1, 0.15) is 21.6 Å². The van der Waals surface area contributed by atoms with Gasteiger partial charge in [0.1, 0.15) is 11.4 Å². The van der Waals surface area contributed by atoms with Gasteiger partial charge < -0.3 is 10.6 Å². The quantitative estimate of drug-likeness (QED) is 0.550. The van der Waals surface area contributed by atoms with Crippen LogP contribution in [-0.4, -0.2) is 49.6 Å². The molecule has 9 heteroatoms. The molecule has 0 radical (unpaired) electrons. The molecule has 0 fully saturated rings. The number of fused-ring (bicyclic) bond motifs is 3. The van der Waals surface area contributed by atoms with E-state index in [9.17, 15) is 4.79 Å². The van der Waals surface area contributed by atoms with Gasteiger partial charge in [-0.1, -0.05) is 11.3 Å². The second kappa shape index (κ2) is 7.03. The summed E-state index contributed by atoms with van der Waals surface area (Å²) in [4.78, 5) is 28.0. The number of nitrogens with zero attached hydrogens (tertiary/aromatic N) is 6. The van der Waals surface area contributed by atoms with Gasteiger partial charge in [0, 0.05) is 37.6 Å². The van der Waals surface area contributed by atoms with Crippen molar-refractivity contribution in [3.8, 4) is 27.6 Å². The lowest BCUT2D eigenvalue weighted by atomic mass is 9.96. The zero-order valence-electron chi connectivity index (χ0n) is 16.5. The molecule has 30 heavy (non-hydrogen) atoms. The molecule has 0 aliphatic heterocycles. The molecule has 1 aliphatic rings. The SMILES string of the molecule is CN(C)C(=O)c1ccc(-n2nc(-c3cnccn3)c3c2-c2sc(N)nc2CC3)cc1. The fraction of sp³-hybridized carbons (Fsp3) is 0.190. The number of nitrogen functional groups attached to an aromatic ring is 1. The van der Waals surface area contributed by atoms with Crippen molar-refractivity contribution in [2.24, 2.45) is 0 Å². The molecule has 3 heterocycles. The normalized spacial score (nSPS) is 12.3. The molecule has 5 rings (SSSR count). The summed E-state index contributed by atoms with van der Waals surface area (Å²) in [6.45, 7) is 0. The van der Waals surface area contributed by atoms with E-state index in [0.29, 0.717) is 10.7 Å². The van der Waals surface area contributed by atoms with E-state index in [1.165, 1.54) is 11.3 Å². The Labute approximate surface area is 177 Å². The summed E-state index contributed by atoms with van der Waals surface area (Å²) in [6, 6.07) is 7.45. The lowest BCUT2D eigenvalue weighted by Crippen LogP contribution is -2.21. The Balaban J connectivity index is 1.69. The van der Waals surface area contributed by atoms with Crippen molar-refractivity contribution in [2.75, 3.05) is 19.8 Å². The molecular formula is C21H19N7OS. The molecule has 0 unspecified atom stereocenters. The van der Waals surface area contributed by atoms with Crippen LogP contribution in [0.2, 0.25) is 0 Å². The summed E-state index contributed by atoms with van der Waals surface area (Å²) in [5.74, 6) is -0.0400. The number of anilines is 1. The largest absolute Gasteiger partial charge is 0.375 e. The number of amides is 1. The molecule has 1 aromatic carbocycles. The van der Waals surface area contributed by atoms with E-state index in [0.717, 1.165) is 51.7 Å². The molecule has 3 aromatic heterocycles. The molecule has 0 spiro atoms. The van der Waals surface area contributed by atoms with E-state index in [1.807, 2.05) is 28.9 Å². The number of thiazole rings is 1. The number of hydrogen-bond acceptors (Lipinski definition) is 7. The van der Waals surface area contributed by atoms with E-state index < -0.39 is 0 Å². The number of aromatic nitrogens is 5. The van der Waals surface area contributed by atoms with Gasteiger partial charge in [0.15, 0.2) is 5.13 Å². The second-order valence-corrected chi connectivity index (χ2v) is 8.28. The molecule has 8 nitrogen and oxygen atoms in total. The third kappa shape index (κ3) is 2.94. The van der Waals surface area contributed by atoms with Crippen LogP contribution in [-0.2, 0) is 12.8 Å². The van der Waals surface area contributed by atoms with Gasteiger partial charge in [0.2, 0.25) is 0 Å². The van der Waals surface area contributed by atoms with E-state index in [-0.39, 0.29) is 5.91 Å². The maximum atomic E-state index is 12.2. The fourth-order valence-corrected chi connectivity index (χ4v) is 4.64. The Morgan fingerprint density at radius 3 is 2.67 bits per heavy atom. The summed E-state index contributed by atoms with van der Waals surface area (Å²) >= 11 is 1.47. The van der Waals surface area contributed by atoms with Crippen molar-refractivity contribution in [3.63, 3.8) is 0 Å². The number of carbonyl (C=O) groups excluding carboxylic acids is 1. The summed E-state index contributed by atoms with van der Waals surface area (Å²) in [7, 11) is 3.48. The first-order chi connectivity index (χ1) is 14.5. The first-order valence-electron chi connectivity index (χ1n) is 9.49. The zero-order valence-corrected chi connectivity index (χ0v) is 17.3. The maximum absolute atomic E-state index is 12.2. The highest BCUT2D eigenvalue weighted by Crippen LogP contribution is 2.43. The summed E-state index contributed by atoms with van der Waals surface area (Å²) in [5.41, 5.74) is 12.1. The average molecular weight is 417 g/mol. The third-order valence-electron chi connectivity index (χ3n) is 5.10. The highest BCUT2D eigenvalue weighted by atomic mass is 32.1. The Bertz CT molecular complexity index is 1240. The van der Waals surface area contributed by atoms with Crippen molar-refractivity contribution >= 4 is 22.4 Å². The smallest absolute Gasteiger partial charge is 0.253 e. The molecular weight excluding hydrogens is 398 g/mol. The Morgan fingerprint density at radius 2 is 1.97 bits per heavy atom. The number of benzene rings is 1. The van der Waals surface area contributed by atoms with Crippen LogP contribution in [0.5, 0.6) is 0 Å². The van der Waals surface area contributed by atoms with Crippen molar-refractivity contribution in [3.05, 3.63) is 59.7 Å². The van der Waals surface area contributed by atoms with Crippen molar-refractivity contribution in [1.82, 2.24) is 29.6 Å². The Morgan fingerprint density at radius 1 is 1.17 bits per heavy atom. The van der Waals surface area contributed by atoms with Crippen molar-refractivity contribution in [1.29, 1.82) is 0 Å². The van der Waals surface area contributed by atoms with Crippen molar-refractivity contribution < 1.29 is 4.79 Å². The van der Waals surface area contributed by atoms with Gasteiger partial charge in [0.25, 0.3) is 5.91 Å². The molecule has 1 aliphatic carbocycles. The topological polar surface area (TPSA) is 103 Å². The van der Waals surface area contributed by atoms with Gasteiger partial charge in [-0.3, -0.25) is 14.8 Å². The average Bonchev–Trinajstić information content (AvgIpc) is 3.33. The van der Waals surface area contributed by atoms with Crippen LogP contribution in [0, 0.1) is 0 Å². The standard InChI is InChI=1S/C21H19N7OS/c1-27(2)20(29)12-3-5-13(6-4-12)28-18-14(7-8-15-19(18)30-21(22)25-15)17(26-28)16-11-23-9-10-24-16/h3-6,9-11H,7-8H2,1-2H3,(H2,22,25). The monoisotopic (exact) mass is 417 g/mol. The van der Waals surface area contributed by atoms with E-state index in [1.54, 1.807) is 37.6 Å². The zero-order chi connectivity index (χ0) is 20.8. The first-order valence-corrected chi connectivity index (χ1v) is 10.3. The van der Waals surface area contributed by atoms with Gasteiger partial charge >= 0.3 is 0 Å². The fourth-order valence-electron chi connectivity index (χ4n) is 3.71. The van der Waals surface area contributed by atoms with Crippen LogP contribution in [0.15, 0.2) is 42.9 Å². The molecule has 0 bridgehead atoms. The lowest BCUT2D eigenvalue weighted by Gasteiger charge is -2.15. The molecule has 150 valence electrons. The van der Waals surface area contributed by atoms with E-state index >= 15 is 0 Å². The number of aryl methyl sites for hydroxylation is 1. The van der Waals surface area contributed by atoms with Crippen LogP contribution >= 0.6 is 11.3 Å². The van der Waals surface area contributed by atoms with Gasteiger partial charge in [-0.15, -0.1) is 0 Å². The van der Waals surface area contributed by atoms with Crippen molar-refractivity contribution in [2.45, 2.75) is 12.8 Å².